The lowest BCUT2D eigenvalue weighted by atomic mass is 10.1. The number of ether oxygens (including phenoxy) is 1. The Hall–Kier alpha value is -2.29. The van der Waals surface area contributed by atoms with E-state index < -0.39 is 0 Å². The fraction of sp³-hybridized carbons (Fsp3) is 0.278. The fourth-order valence-corrected chi connectivity index (χ4v) is 2.12. The van der Waals surface area contributed by atoms with Crippen LogP contribution in [0.25, 0.3) is 0 Å². The summed E-state index contributed by atoms with van der Waals surface area (Å²) in [6.07, 6.45) is 0.867. The molecule has 0 saturated heterocycles. The van der Waals surface area contributed by atoms with Crippen LogP contribution in [-0.2, 0) is 11.2 Å². The van der Waals surface area contributed by atoms with Gasteiger partial charge in [-0.1, -0.05) is 48.5 Å². The van der Waals surface area contributed by atoms with Crippen LogP contribution >= 0.6 is 0 Å². The van der Waals surface area contributed by atoms with E-state index in [-0.39, 0.29) is 12.5 Å². The Morgan fingerprint density at radius 1 is 1.00 bits per heavy atom. The zero-order valence-electron chi connectivity index (χ0n) is 12.4. The van der Waals surface area contributed by atoms with Gasteiger partial charge in [0.25, 0.3) is 5.91 Å². The standard InChI is InChI=1S/C18H21NO2/c1-2-19(14-13-16-9-5-3-6-10-16)18(20)15-21-17-11-7-4-8-12-17/h3-12H,2,13-15H2,1H3. The van der Waals surface area contributed by atoms with Gasteiger partial charge in [-0.15, -0.1) is 0 Å². The topological polar surface area (TPSA) is 29.5 Å². The zero-order chi connectivity index (χ0) is 14.9. The van der Waals surface area contributed by atoms with Crippen molar-refractivity contribution in [3.8, 4) is 5.75 Å². The molecule has 1 amide bonds. The normalized spacial score (nSPS) is 10.1. The minimum Gasteiger partial charge on any atom is -0.484 e. The van der Waals surface area contributed by atoms with Gasteiger partial charge in [-0.3, -0.25) is 4.79 Å². The molecule has 0 heterocycles. The molecule has 0 atom stereocenters. The fourth-order valence-electron chi connectivity index (χ4n) is 2.12. The summed E-state index contributed by atoms with van der Waals surface area (Å²) in [7, 11) is 0. The number of rotatable bonds is 7. The van der Waals surface area contributed by atoms with Crippen molar-refractivity contribution in [2.45, 2.75) is 13.3 Å². The lowest BCUT2D eigenvalue weighted by Crippen LogP contribution is -2.36. The van der Waals surface area contributed by atoms with Crippen molar-refractivity contribution in [3.05, 3.63) is 66.2 Å². The van der Waals surface area contributed by atoms with E-state index >= 15 is 0 Å². The number of nitrogens with zero attached hydrogens (tertiary/aromatic N) is 1. The number of hydrogen-bond donors (Lipinski definition) is 0. The van der Waals surface area contributed by atoms with Gasteiger partial charge in [-0.25, -0.2) is 0 Å². The second-order valence-electron chi connectivity index (χ2n) is 4.81. The van der Waals surface area contributed by atoms with Gasteiger partial charge in [0.05, 0.1) is 0 Å². The zero-order valence-corrected chi connectivity index (χ0v) is 12.4. The summed E-state index contributed by atoms with van der Waals surface area (Å²) in [6, 6.07) is 19.6. The Balaban J connectivity index is 1.81. The highest BCUT2D eigenvalue weighted by Crippen LogP contribution is 2.08. The molecular weight excluding hydrogens is 262 g/mol. The third-order valence-corrected chi connectivity index (χ3v) is 3.35. The molecule has 2 rings (SSSR count). The van der Waals surface area contributed by atoms with Gasteiger partial charge >= 0.3 is 0 Å². The van der Waals surface area contributed by atoms with Crippen LogP contribution in [0.15, 0.2) is 60.7 Å². The van der Waals surface area contributed by atoms with Crippen molar-refractivity contribution in [1.82, 2.24) is 4.90 Å². The van der Waals surface area contributed by atoms with Crippen molar-refractivity contribution in [2.75, 3.05) is 19.7 Å². The molecule has 3 nitrogen and oxygen atoms in total. The smallest absolute Gasteiger partial charge is 0.260 e. The summed E-state index contributed by atoms with van der Waals surface area (Å²) in [5.41, 5.74) is 1.24. The van der Waals surface area contributed by atoms with Crippen LogP contribution in [-0.4, -0.2) is 30.5 Å². The predicted molar refractivity (Wildman–Crippen MR) is 84.3 cm³/mol. The molecule has 2 aromatic rings. The Bertz CT molecular complexity index is 540. The van der Waals surface area contributed by atoms with Crippen LogP contribution in [0.2, 0.25) is 0 Å². The number of para-hydroxylation sites is 1. The first-order chi connectivity index (χ1) is 10.3. The van der Waals surface area contributed by atoms with Crippen molar-refractivity contribution in [3.63, 3.8) is 0 Å². The van der Waals surface area contributed by atoms with Crippen LogP contribution in [0.1, 0.15) is 12.5 Å². The number of carbonyl (C=O) groups excluding carboxylic acids is 1. The number of benzene rings is 2. The summed E-state index contributed by atoms with van der Waals surface area (Å²) in [5.74, 6) is 0.752. The van der Waals surface area contributed by atoms with E-state index in [0.717, 1.165) is 18.7 Å². The third-order valence-electron chi connectivity index (χ3n) is 3.35. The summed E-state index contributed by atoms with van der Waals surface area (Å²) in [6.45, 7) is 3.50. The van der Waals surface area contributed by atoms with Gasteiger partial charge in [-0.05, 0) is 31.0 Å². The molecule has 0 aromatic heterocycles. The molecule has 0 aliphatic heterocycles. The first kappa shape index (κ1) is 15.1. The average Bonchev–Trinajstić information content (AvgIpc) is 2.55. The van der Waals surface area contributed by atoms with Gasteiger partial charge < -0.3 is 9.64 Å². The Labute approximate surface area is 126 Å². The van der Waals surface area contributed by atoms with Gasteiger partial charge in [0.1, 0.15) is 5.75 Å². The molecule has 2 aromatic carbocycles. The van der Waals surface area contributed by atoms with E-state index in [1.54, 1.807) is 0 Å². The van der Waals surface area contributed by atoms with Gasteiger partial charge in [0.2, 0.25) is 0 Å². The highest BCUT2D eigenvalue weighted by Gasteiger charge is 2.12. The summed E-state index contributed by atoms with van der Waals surface area (Å²) < 4.78 is 5.51. The van der Waals surface area contributed by atoms with Crippen LogP contribution in [0.5, 0.6) is 5.75 Å². The highest BCUT2D eigenvalue weighted by molar-refractivity contribution is 5.77. The summed E-state index contributed by atoms with van der Waals surface area (Å²) >= 11 is 0. The van der Waals surface area contributed by atoms with E-state index in [1.165, 1.54) is 5.56 Å². The molecule has 0 spiro atoms. The maximum atomic E-state index is 12.2. The van der Waals surface area contributed by atoms with Crippen molar-refractivity contribution in [1.29, 1.82) is 0 Å². The quantitative estimate of drug-likeness (QED) is 0.781. The molecule has 0 aliphatic rings. The van der Waals surface area contributed by atoms with E-state index in [2.05, 4.69) is 12.1 Å². The summed E-state index contributed by atoms with van der Waals surface area (Å²) in [4.78, 5) is 14.0. The summed E-state index contributed by atoms with van der Waals surface area (Å²) in [5, 5.41) is 0. The van der Waals surface area contributed by atoms with Crippen molar-refractivity contribution >= 4 is 5.91 Å². The molecule has 0 radical (unpaired) electrons. The van der Waals surface area contributed by atoms with Crippen LogP contribution in [0.3, 0.4) is 0 Å². The second-order valence-corrected chi connectivity index (χ2v) is 4.81. The minimum absolute atomic E-state index is 0.0253. The van der Waals surface area contributed by atoms with Gasteiger partial charge in [0, 0.05) is 13.1 Å². The lowest BCUT2D eigenvalue weighted by Gasteiger charge is -2.21. The van der Waals surface area contributed by atoms with Gasteiger partial charge in [-0.2, -0.15) is 0 Å². The van der Waals surface area contributed by atoms with E-state index in [4.69, 9.17) is 4.74 Å². The molecule has 110 valence electrons. The minimum atomic E-state index is 0.0253. The Kier molecular flexibility index (Phi) is 5.83. The largest absolute Gasteiger partial charge is 0.484 e. The maximum Gasteiger partial charge on any atom is 0.260 e. The first-order valence-electron chi connectivity index (χ1n) is 7.29. The Morgan fingerprint density at radius 2 is 1.62 bits per heavy atom. The monoisotopic (exact) mass is 283 g/mol. The molecule has 21 heavy (non-hydrogen) atoms. The molecule has 0 bridgehead atoms. The molecule has 0 saturated carbocycles. The predicted octanol–water partition coefficient (Wildman–Crippen LogP) is 3.16. The van der Waals surface area contributed by atoms with E-state index in [1.807, 2.05) is 60.4 Å². The van der Waals surface area contributed by atoms with Gasteiger partial charge in [0.15, 0.2) is 6.61 Å². The maximum absolute atomic E-state index is 12.2. The molecule has 3 heteroatoms. The molecule has 0 aliphatic carbocycles. The molecule has 0 N–H and O–H groups in total. The van der Waals surface area contributed by atoms with E-state index in [0.29, 0.717) is 6.54 Å². The van der Waals surface area contributed by atoms with Crippen molar-refractivity contribution < 1.29 is 9.53 Å². The number of hydrogen-bond acceptors (Lipinski definition) is 2. The third kappa shape index (κ3) is 4.95. The highest BCUT2D eigenvalue weighted by atomic mass is 16.5. The Morgan fingerprint density at radius 3 is 2.24 bits per heavy atom. The number of amides is 1. The van der Waals surface area contributed by atoms with Crippen LogP contribution < -0.4 is 4.74 Å². The lowest BCUT2D eigenvalue weighted by molar-refractivity contribution is -0.133. The number of likely N-dealkylation sites (N-methyl/N-ethyl adjacent to an activating group) is 1. The van der Waals surface area contributed by atoms with Crippen LogP contribution in [0, 0.1) is 0 Å². The SMILES string of the molecule is CCN(CCc1ccccc1)C(=O)COc1ccccc1. The molecule has 0 fully saturated rings. The number of carbonyl (C=O) groups is 1. The average molecular weight is 283 g/mol. The molecular formula is C18H21NO2. The van der Waals surface area contributed by atoms with Crippen LogP contribution in [0.4, 0.5) is 0 Å². The van der Waals surface area contributed by atoms with E-state index in [9.17, 15) is 4.79 Å². The second kappa shape index (κ2) is 8.10. The first-order valence-corrected chi connectivity index (χ1v) is 7.29. The van der Waals surface area contributed by atoms with Crippen molar-refractivity contribution in [2.24, 2.45) is 0 Å². The molecule has 0 unspecified atom stereocenters.